The first kappa shape index (κ1) is 12.0. The van der Waals surface area contributed by atoms with Crippen LogP contribution in [0.4, 0.5) is 15.8 Å². The average molecular weight is 291 g/mol. The first-order valence-corrected chi connectivity index (χ1v) is 7.86. The fraction of sp³-hybridized carbons (Fsp3) is 0.455. The van der Waals surface area contributed by atoms with Gasteiger partial charge in [-0.15, -0.1) is 0 Å². The summed E-state index contributed by atoms with van der Waals surface area (Å²) in [5.74, 6) is -0.247. The van der Waals surface area contributed by atoms with E-state index in [0.29, 0.717) is 18.8 Å². The van der Waals surface area contributed by atoms with Crippen LogP contribution in [0.5, 0.6) is 0 Å². The van der Waals surface area contributed by atoms with E-state index in [-0.39, 0.29) is 22.6 Å². The highest BCUT2D eigenvalue weighted by atomic mass is 35.5. The van der Waals surface area contributed by atoms with E-state index in [0.717, 1.165) is 5.69 Å². The molecular weight excluding hydrogens is 279 g/mol. The second-order valence-electron chi connectivity index (χ2n) is 4.63. The zero-order valence-corrected chi connectivity index (χ0v) is 11.1. The highest BCUT2D eigenvalue weighted by Crippen LogP contribution is 2.36. The number of benzene rings is 1. The minimum atomic E-state index is -2.98. The molecule has 3 rings (SSSR count). The van der Waals surface area contributed by atoms with Gasteiger partial charge in [-0.3, -0.25) is 0 Å². The van der Waals surface area contributed by atoms with Crippen LogP contribution in [0.2, 0.25) is 5.02 Å². The molecule has 0 amide bonds. The lowest BCUT2D eigenvalue weighted by Crippen LogP contribution is -2.54. The highest BCUT2D eigenvalue weighted by molar-refractivity contribution is 7.91. The van der Waals surface area contributed by atoms with Gasteiger partial charge < -0.3 is 10.2 Å². The summed E-state index contributed by atoms with van der Waals surface area (Å²) in [6.07, 6.45) is 0. The van der Waals surface area contributed by atoms with Crippen molar-refractivity contribution in [2.24, 2.45) is 0 Å². The number of nitrogens with one attached hydrogen (secondary N) is 1. The molecule has 1 saturated heterocycles. The smallest absolute Gasteiger partial charge is 0.154 e. The number of sulfone groups is 1. The van der Waals surface area contributed by atoms with Gasteiger partial charge in [0.1, 0.15) is 5.82 Å². The van der Waals surface area contributed by atoms with Gasteiger partial charge in [-0.1, -0.05) is 11.6 Å². The lowest BCUT2D eigenvalue weighted by atomic mass is 10.1. The van der Waals surface area contributed by atoms with Crippen molar-refractivity contribution in [2.45, 2.75) is 6.04 Å². The van der Waals surface area contributed by atoms with Crippen molar-refractivity contribution >= 4 is 32.8 Å². The lowest BCUT2D eigenvalue weighted by molar-refractivity contribution is 0.558. The molecule has 4 nitrogen and oxygen atoms in total. The number of hydrogen-bond donors (Lipinski definition) is 1. The molecule has 2 heterocycles. The Balaban J connectivity index is 2.01. The Hall–Kier alpha value is -1.01. The number of fused-ring (bicyclic) bond motifs is 3. The molecule has 0 radical (unpaired) electrons. The van der Waals surface area contributed by atoms with Gasteiger partial charge in [0.05, 0.1) is 33.9 Å². The topological polar surface area (TPSA) is 49.4 Å². The van der Waals surface area contributed by atoms with Gasteiger partial charge in [0.15, 0.2) is 9.84 Å². The summed E-state index contributed by atoms with van der Waals surface area (Å²) < 4.78 is 36.7. The Bertz CT molecular complexity index is 605. The number of rotatable bonds is 0. The highest BCUT2D eigenvalue weighted by Gasteiger charge is 2.35. The molecule has 0 aromatic heterocycles. The summed E-state index contributed by atoms with van der Waals surface area (Å²) in [4.78, 5) is 1.95. The molecule has 1 aromatic rings. The molecule has 2 aliphatic rings. The third-order valence-corrected chi connectivity index (χ3v) is 5.39. The number of anilines is 2. The molecule has 1 fully saturated rings. The average Bonchev–Trinajstić information content (AvgIpc) is 2.29. The van der Waals surface area contributed by atoms with Crippen LogP contribution in [0.1, 0.15) is 0 Å². The molecule has 0 aliphatic carbocycles. The van der Waals surface area contributed by atoms with Gasteiger partial charge in [-0.05, 0) is 6.07 Å². The molecular formula is C11H12ClFN2O2S. The standard InChI is InChI=1S/C11H12ClFN2O2S/c12-8-3-10-11(4-9(8)13)15-1-2-18(16,17)6-7(15)5-14-10/h3-4,7,14H,1-2,5-6H2. The third-order valence-electron chi connectivity index (χ3n) is 3.41. The summed E-state index contributed by atoms with van der Waals surface area (Å²) in [5, 5.41) is 3.18. The Labute approximate surface area is 110 Å². The van der Waals surface area contributed by atoms with Gasteiger partial charge in [0.25, 0.3) is 0 Å². The number of nitrogens with zero attached hydrogens (tertiary/aromatic N) is 1. The van der Waals surface area contributed by atoms with Crippen molar-refractivity contribution in [1.29, 1.82) is 0 Å². The van der Waals surface area contributed by atoms with Crippen molar-refractivity contribution in [1.82, 2.24) is 0 Å². The van der Waals surface area contributed by atoms with E-state index >= 15 is 0 Å². The normalized spacial score (nSPS) is 25.0. The molecule has 1 aromatic carbocycles. The largest absolute Gasteiger partial charge is 0.381 e. The second kappa shape index (κ2) is 3.99. The van der Waals surface area contributed by atoms with Crippen molar-refractivity contribution in [3.8, 4) is 0 Å². The summed E-state index contributed by atoms with van der Waals surface area (Å²) in [5.41, 5.74) is 1.46. The molecule has 1 atom stereocenters. The summed E-state index contributed by atoms with van der Waals surface area (Å²) in [6.45, 7) is 0.941. The fourth-order valence-electron chi connectivity index (χ4n) is 2.52. The monoisotopic (exact) mass is 290 g/mol. The first-order chi connectivity index (χ1) is 8.46. The summed E-state index contributed by atoms with van der Waals surface area (Å²) in [7, 11) is -2.98. The Kier molecular flexibility index (Phi) is 2.67. The van der Waals surface area contributed by atoms with Crippen molar-refractivity contribution in [3.63, 3.8) is 0 Å². The van der Waals surface area contributed by atoms with Crippen LogP contribution < -0.4 is 10.2 Å². The van der Waals surface area contributed by atoms with Crippen LogP contribution in [0.3, 0.4) is 0 Å². The van der Waals surface area contributed by atoms with Crippen molar-refractivity contribution in [2.75, 3.05) is 34.8 Å². The molecule has 0 saturated carbocycles. The molecule has 0 spiro atoms. The van der Waals surface area contributed by atoms with Gasteiger partial charge in [-0.2, -0.15) is 0 Å². The first-order valence-electron chi connectivity index (χ1n) is 5.66. The van der Waals surface area contributed by atoms with Gasteiger partial charge >= 0.3 is 0 Å². The molecule has 0 bridgehead atoms. The number of halogens is 2. The van der Waals surface area contributed by atoms with Crippen LogP contribution in [0, 0.1) is 5.82 Å². The van der Waals surface area contributed by atoms with Crippen LogP contribution in [0.15, 0.2) is 12.1 Å². The maximum Gasteiger partial charge on any atom is 0.154 e. The van der Waals surface area contributed by atoms with E-state index in [9.17, 15) is 12.8 Å². The SMILES string of the molecule is O=S1(=O)CCN2c3cc(F)c(Cl)cc3NCC2C1. The van der Waals surface area contributed by atoms with Crippen LogP contribution in [-0.4, -0.2) is 39.1 Å². The maximum absolute atomic E-state index is 13.5. The fourth-order valence-corrected chi connectivity index (χ4v) is 4.21. The van der Waals surface area contributed by atoms with Crippen molar-refractivity contribution < 1.29 is 12.8 Å². The second-order valence-corrected chi connectivity index (χ2v) is 7.26. The molecule has 1 N–H and O–H groups in total. The predicted molar refractivity (Wildman–Crippen MR) is 69.7 cm³/mol. The lowest BCUT2D eigenvalue weighted by Gasteiger charge is -2.42. The molecule has 1 unspecified atom stereocenters. The van der Waals surface area contributed by atoms with Crippen LogP contribution in [0.25, 0.3) is 0 Å². The molecule has 2 aliphatic heterocycles. The van der Waals surface area contributed by atoms with Crippen LogP contribution >= 0.6 is 11.6 Å². The number of hydrogen-bond acceptors (Lipinski definition) is 4. The summed E-state index contributed by atoms with van der Waals surface area (Å²) in [6, 6.07) is 2.79. The molecule has 18 heavy (non-hydrogen) atoms. The molecule has 98 valence electrons. The van der Waals surface area contributed by atoms with Gasteiger partial charge in [0.2, 0.25) is 0 Å². The van der Waals surface area contributed by atoms with E-state index < -0.39 is 15.7 Å². The van der Waals surface area contributed by atoms with E-state index in [4.69, 9.17) is 11.6 Å². The van der Waals surface area contributed by atoms with E-state index in [2.05, 4.69) is 5.32 Å². The minimum Gasteiger partial charge on any atom is -0.381 e. The third kappa shape index (κ3) is 1.93. The van der Waals surface area contributed by atoms with Gasteiger partial charge in [0, 0.05) is 19.2 Å². The van der Waals surface area contributed by atoms with Crippen molar-refractivity contribution in [3.05, 3.63) is 23.0 Å². The Morgan fingerprint density at radius 3 is 3.00 bits per heavy atom. The van der Waals surface area contributed by atoms with E-state index in [1.165, 1.54) is 6.07 Å². The van der Waals surface area contributed by atoms with E-state index in [1.54, 1.807) is 6.07 Å². The maximum atomic E-state index is 13.5. The Morgan fingerprint density at radius 2 is 2.22 bits per heavy atom. The zero-order valence-electron chi connectivity index (χ0n) is 9.49. The quantitative estimate of drug-likeness (QED) is 0.787. The minimum absolute atomic E-state index is 0.0735. The van der Waals surface area contributed by atoms with Crippen LogP contribution in [-0.2, 0) is 9.84 Å². The Morgan fingerprint density at radius 1 is 1.44 bits per heavy atom. The van der Waals surface area contributed by atoms with E-state index in [1.807, 2.05) is 4.90 Å². The predicted octanol–water partition coefficient (Wildman–Crippen LogP) is 1.51. The summed E-state index contributed by atoms with van der Waals surface area (Å²) >= 11 is 5.74. The molecule has 7 heteroatoms. The van der Waals surface area contributed by atoms with Gasteiger partial charge in [-0.25, -0.2) is 12.8 Å². The zero-order chi connectivity index (χ0) is 12.9.